The van der Waals surface area contributed by atoms with Crippen LogP contribution in [0, 0.1) is 5.92 Å². The molecular formula is C14H18BrF3N3O3+. The first kappa shape index (κ1) is 20.2. The third-order valence-corrected chi connectivity index (χ3v) is 3.43. The Kier molecular flexibility index (Phi) is 6.58. The maximum Gasteiger partial charge on any atom is 0.464 e. The molecule has 0 aromatic carbocycles. The smallest absolute Gasteiger partial charge is 0.464 e. The molecule has 0 fully saturated rings. The first-order chi connectivity index (χ1) is 11.0. The standard InChI is InChI=1S/C14H17BrF3N3O3/c1-8(2)6-11(22)21-13(12(23)24-3,14(16,17)18)20-10-5-4-9(15)7-19-10/h4-5,7-8H,6H2,1-3H3,(H,19,20)(H,21,22)/p+1/t13-/m1/s1. The molecule has 1 atom stereocenters. The number of H-pyrrole nitrogens is 1. The molecule has 24 heavy (non-hydrogen) atoms. The lowest BCUT2D eigenvalue weighted by Crippen LogP contribution is -2.69. The molecule has 1 aromatic heterocycles. The van der Waals surface area contributed by atoms with Gasteiger partial charge in [0.25, 0.3) is 5.82 Å². The summed E-state index contributed by atoms with van der Waals surface area (Å²) in [6.07, 6.45) is -3.95. The number of pyridine rings is 1. The lowest BCUT2D eigenvalue weighted by molar-refractivity contribution is -0.363. The van der Waals surface area contributed by atoms with E-state index in [9.17, 15) is 22.8 Å². The fourth-order valence-electron chi connectivity index (χ4n) is 1.86. The minimum absolute atomic E-state index is 0.134. The number of halogens is 4. The van der Waals surface area contributed by atoms with Crippen molar-refractivity contribution in [2.75, 3.05) is 12.4 Å². The molecule has 0 radical (unpaired) electrons. The van der Waals surface area contributed by atoms with Crippen LogP contribution in [0.2, 0.25) is 0 Å². The van der Waals surface area contributed by atoms with Crippen molar-refractivity contribution in [1.82, 2.24) is 5.32 Å². The number of nitrogens with one attached hydrogen (secondary N) is 3. The predicted octanol–water partition coefficient (Wildman–Crippen LogP) is 2.27. The number of rotatable bonds is 6. The van der Waals surface area contributed by atoms with Gasteiger partial charge in [0.2, 0.25) is 5.91 Å². The molecule has 1 rings (SSSR count). The average Bonchev–Trinajstić information content (AvgIpc) is 2.45. The maximum atomic E-state index is 13.7. The van der Waals surface area contributed by atoms with Gasteiger partial charge in [0, 0.05) is 12.5 Å². The van der Waals surface area contributed by atoms with E-state index in [4.69, 9.17) is 0 Å². The zero-order valence-electron chi connectivity index (χ0n) is 13.3. The zero-order chi connectivity index (χ0) is 18.5. The summed E-state index contributed by atoms with van der Waals surface area (Å²) < 4.78 is 45.9. The number of aromatic nitrogens is 1. The number of carbonyl (C=O) groups excluding carboxylic acids is 2. The first-order valence-electron chi connectivity index (χ1n) is 6.93. The van der Waals surface area contributed by atoms with Crippen LogP contribution >= 0.6 is 15.9 Å². The Morgan fingerprint density at radius 3 is 2.38 bits per heavy atom. The lowest BCUT2D eigenvalue weighted by Gasteiger charge is -2.30. The third kappa shape index (κ3) is 4.83. The van der Waals surface area contributed by atoms with Gasteiger partial charge in [-0.3, -0.25) is 10.1 Å². The second-order valence-electron chi connectivity index (χ2n) is 5.43. The van der Waals surface area contributed by atoms with E-state index < -0.39 is 23.7 Å². The number of amides is 1. The fourth-order valence-corrected chi connectivity index (χ4v) is 2.11. The molecule has 6 nitrogen and oxygen atoms in total. The highest BCUT2D eigenvalue weighted by Crippen LogP contribution is 2.32. The summed E-state index contributed by atoms with van der Waals surface area (Å²) in [5.74, 6) is -2.93. The Balaban J connectivity index is 3.28. The van der Waals surface area contributed by atoms with Crippen molar-refractivity contribution in [2.45, 2.75) is 32.1 Å². The van der Waals surface area contributed by atoms with Crippen molar-refractivity contribution in [2.24, 2.45) is 5.92 Å². The molecule has 0 aliphatic carbocycles. The molecule has 1 aromatic rings. The quantitative estimate of drug-likeness (QED) is 0.554. The molecule has 0 saturated carbocycles. The summed E-state index contributed by atoms with van der Waals surface area (Å²) in [7, 11) is 0.810. The van der Waals surface area contributed by atoms with Gasteiger partial charge in [0.05, 0.1) is 11.6 Å². The monoisotopic (exact) mass is 412 g/mol. The number of ether oxygens (including phenoxy) is 1. The van der Waals surface area contributed by atoms with Crippen molar-refractivity contribution >= 4 is 33.6 Å². The highest BCUT2D eigenvalue weighted by molar-refractivity contribution is 9.10. The zero-order valence-corrected chi connectivity index (χ0v) is 14.8. The largest absolute Gasteiger partial charge is 0.464 e. The number of hydrogen-bond acceptors (Lipinski definition) is 4. The van der Waals surface area contributed by atoms with Gasteiger partial charge in [-0.05, 0) is 27.9 Å². The number of anilines is 1. The summed E-state index contributed by atoms with van der Waals surface area (Å²) >= 11 is 3.13. The van der Waals surface area contributed by atoms with Gasteiger partial charge >= 0.3 is 17.8 Å². The molecule has 0 aliphatic heterocycles. The van der Waals surface area contributed by atoms with E-state index in [2.05, 4.69) is 25.7 Å². The van der Waals surface area contributed by atoms with E-state index in [1.54, 1.807) is 19.2 Å². The van der Waals surface area contributed by atoms with Crippen LogP contribution in [0.1, 0.15) is 20.3 Å². The van der Waals surface area contributed by atoms with Crippen molar-refractivity contribution in [3.8, 4) is 0 Å². The maximum absolute atomic E-state index is 13.7. The summed E-state index contributed by atoms with van der Waals surface area (Å²) in [5.41, 5.74) is -3.40. The fraction of sp³-hybridized carbons (Fsp3) is 0.500. The molecular weight excluding hydrogens is 395 g/mol. The topological polar surface area (TPSA) is 81.6 Å². The Morgan fingerprint density at radius 2 is 1.96 bits per heavy atom. The van der Waals surface area contributed by atoms with Crippen LogP contribution in [0.3, 0.4) is 0 Å². The Hall–Kier alpha value is -1.84. The van der Waals surface area contributed by atoms with Crippen LogP contribution in [0.5, 0.6) is 0 Å². The second-order valence-corrected chi connectivity index (χ2v) is 6.35. The van der Waals surface area contributed by atoms with Crippen molar-refractivity contribution in [3.63, 3.8) is 0 Å². The molecule has 1 amide bonds. The van der Waals surface area contributed by atoms with Crippen molar-refractivity contribution < 1.29 is 32.5 Å². The van der Waals surface area contributed by atoms with Gasteiger partial charge in [0.1, 0.15) is 6.20 Å². The third-order valence-electron chi connectivity index (χ3n) is 2.93. The van der Waals surface area contributed by atoms with E-state index in [0.29, 0.717) is 4.47 Å². The lowest BCUT2D eigenvalue weighted by atomic mass is 10.1. The number of carbonyl (C=O) groups is 2. The highest BCUT2D eigenvalue weighted by atomic mass is 79.9. The van der Waals surface area contributed by atoms with Crippen molar-refractivity contribution in [3.05, 3.63) is 22.8 Å². The van der Waals surface area contributed by atoms with Crippen LogP contribution < -0.4 is 15.6 Å². The predicted molar refractivity (Wildman–Crippen MR) is 82.7 cm³/mol. The number of hydrogen-bond donors (Lipinski definition) is 2. The first-order valence-corrected chi connectivity index (χ1v) is 7.72. The summed E-state index contributed by atoms with van der Waals surface area (Å²) in [4.78, 5) is 26.4. The summed E-state index contributed by atoms with van der Waals surface area (Å²) in [6, 6.07) is 2.75. The number of aromatic amines is 1. The van der Waals surface area contributed by atoms with Crippen molar-refractivity contribution in [1.29, 1.82) is 0 Å². The normalized spacial score (nSPS) is 14.0. The molecule has 134 valence electrons. The molecule has 1 heterocycles. The molecule has 0 spiro atoms. The van der Waals surface area contributed by atoms with E-state index in [1.807, 2.05) is 5.32 Å². The van der Waals surface area contributed by atoms with Crippen LogP contribution in [-0.2, 0) is 14.3 Å². The van der Waals surface area contributed by atoms with Crippen LogP contribution in [0.4, 0.5) is 19.0 Å². The molecule has 3 N–H and O–H groups in total. The van der Waals surface area contributed by atoms with E-state index in [1.165, 1.54) is 18.3 Å². The summed E-state index contributed by atoms with van der Waals surface area (Å²) in [6.45, 7) is 3.34. The van der Waals surface area contributed by atoms with Gasteiger partial charge in [-0.15, -0.1) is 0 Å². The van der Waals surface area contributed by atoms with E-state index in [0.717, 1.165) is 7.11 Å². The SMILES string of the molecule is COC(=O)[C@](NC(=O)CC(C)C)(Nc1ccc(Br)c[nH+]1)C(F)(F)F. The molecule has 0 aliphatic rings. The van der Waals surface area contributed by atoms with Crippen LogP contribution in [0.25, 0.3) is 0 Å². The van der Waals surface area contributed by atoms with Gasteiger partial charge in [-0.25, -0.2) is 15.1 Å². The second kappa shape index (κ2) is 7.82. The minimum Gasteiger partial charge on any atom is -0.464 e. The van der Waals surface area contributed by atoms with Gasteiger partial charge in [0.15, 0.2) is 0 Å². The summed E-state index contributed by atoms with van der Waals surface area (Å²) in [5, 5.41) is 3.74. The van der Waals surface area contributed by atoms with E-state index in [-0.39, 0.29) is 18.2 Å². The van der Waals surface area contributed by atoms with Gasteiger partial charge in [-0.1, -0.05) is 13.8 Å². The Bertz CT molecular complexity index is 593. The molecule has 0 unspecified atom stereocenters. The molecule has 0 bridgehead atoms. The highest BCUT2D eigenvalue weighted by Gasteiger charge is 2.67. The molecule has 10 heteroatoms. The number of alkyl halides is 3. The number of esters is 1. The minimum atomic E-state index is -5.15. The van der Waals surface area contributed by atoms with Crippen LogP contribution in [0.15, 0.2) is 22.8 Å². The average molecular weight is 413 g/mol. The molecule has 0 saturated heterocycles. The van der Waals surface area contributed by atoms with Crippen LogP contribution in [-0.4, -0.2) is 30.8 Å². The Morgan fingerprint density at radius 1 is 1.33 bits per heavy atom. The van der Waals surface area contributed by atoms with E-state index >= 15 is 0 Å². The Labute approximate surface area is 145 Å². The van der Waals surface area contributed by atoms with Gasteiger partial charge in [-0.2, -0.15) is 13.2 Å². The number of methoxy groups -OCH3 is 1. The van der Waals surface area contributed by atoms with Gasteiger partial charge < -0.3 is 4.74 Å².